The molecule has 0 aliphatic carbocycles. The second-order valence-corrected chi connectivity index (χ2v) is 6.10. The Morgan fingerprint density at radius 3 is 2.00 bits per heavy atom. The van der Waals surface area contributed by atoms with Crippen molar-refractivity contribution in [3.63, 3.8) is 0 Å². The molecule has 0 atom stereocenters. The molecule has 0 bridgehead atoms. The van der Waals surface area contributed by atoms with Crippen LogP contribution in [-0.4, -0.2) is 25.6 Å². The number of nitrogens with one attached hydrogen (secondary N) is 3. The molecule has 0 unspecified atom stereocenters. The van der Waals surface area contributed by atoms with Crippen molar-refractivity contribution in [2.75, 3.05) is 19.6 Å². The Bertz CT molecular complexity index is 203. The van der Waals surface area contributed by atoms with Crippen LogP contribution in [0.2, 0.25) is 0 Å². The molecule has 0 fully saturated rings. The summed E-state index contributed by atoms with van der Waals surface area (Å²) in [4.78, 5) is 0. The van der Waals surface area contributed by atoms with Crippen LogP contribution >= 0.6 is 0 Å². The second-order valence-electron chi connectivity index (χ2n) is 6.10. The third-order valence-corrected chi connectivity index (χ3v) is 2.02. The molecule has 15 heavy (non-hydrogen) atoms. The number of hydrogen-bond acceptors (Lipinski definition) is 2. The molecule has 0 saturated heterocycles. The molecule has 0 amide bonds. The van der Waals surface area contributed by atoms with Gasteiger partial charge in [0.2, 0.25) is 0 Å². The van der Waals surface area contributed by atoms with Crippen LogP contribution in [0.3, 0.4) is 0 Å². The Labute approximate surface area is 93.5 Å². The molecule has 0 aromatic carbocycles. The third-order valence-electron chi connectivity index (χ3n) is 2.02. The lowest BCUT2D eigenvalue weighted by atomic mass is 9.91. The first-order valence-electron chi connectivity index (χ1n) is 5.41. The maximum atomic E-state index is 7.10. The molecule has 0 aliphatic rings. The zero-order valence-electron chi connectivity index (χ0n) is 10.7. The van der Waals surface area contributed by atoms with E-state index in [1.54, 1.807) is 0 Å². The van der Waals surface area contributed by atoms with E-state index >= 15 is 0 Å². The molecule has 0 rings (SSSR count). The van der Waals surface area contributed by atoms with Crippen molar-refractivity contribution < 1.29 is 0 Å². The molecule has 4 nitrogen and oxygen atoms in total. The van der Waals surface area contributed by atoms with Gasteiger partial charge in [0.15, 0.2) is 5.96 Å². The van der Waals surface area contributed by atoms with E-state index in [0.717, 1.165) is 19.6 Å². The van der Waals surface area contributed by atoms with Gasteiger partial charge in [-0.2, -0.15) is 0 Å². The first-order valence-corrected chi connectivity index (χ1v) is 5.41. The largest absolute Gasteiger partial charge is 0.370 e. The van der Waals surface area contributed by atoms with Crippen molar-refractivity contribution in [2.24, 2.45) is 16.6 Å². The number of hydrogen-bond donors (Lipinski definition) is 4. The highest BCUT2D eigenvalue weighted by molar-refractivity contribution is 5.74. The highest BCUT2D eigenvalue weighted by Crippen LogP contribution is 2.14. The van der Waals surface area contributed by atoms with E-state index in [2.05, 4.69) is 45.3 Å². The van der Waals surface area contributed by atoms with Crippen LogP contribution < -0.4 is 16.4 Å². The molecular formula is C11H26N4. The molecule has 0 radical (unpaired) electrons. The Morgan fingerprint density at radius 1 is 1.07 bits per heavy atom. The van der Waals surface area contributed by atoms with Gasteiger partial charge in [-0.25, -0.2) is 0 Å². The zero-order valence-corrected chi connectivity index (χ0v) is 10.7. The average Bonchev–Trinajstić information content (AvgIpc) is 1.98. The quantitative estimate of drug-likeness (QED) is 0.409. The number of guanidine groups is 1. The van der Waals surface area contributed by atoms with Crippen molar-refractivity contribution in [3.05, 3.63) is 0 Å². The first-order chi connectivity index (χ1) is 6.62. The number of nitrogens with two attached hydrogens (primary N) is 1. The summed E-state index contributed by atoms with van der Waals surface area (Å²) in [5, 5.41) is 13.4. The van der Waals surface area contributed by atoms with Gasteiger partial charge in [-0.05, 0) is 10.8 Å². The summed E-state index contributed by atoms with van der Waals surface area (Å²) in [6.45, 7) is 13.6. The molecule has 0 heterocycles. The fourth-order valence-electron chi connectivity index (χ4n) is 1.17. The average molecular weight is 214 g/mol. The van der Waals surface area contributed by atoms with Gasteiger partial charge in [-0.15, -0.1) is 0 Å². The fourth-order valence-corrected chi connectivity index (χ4v) is 1.17. The lowest BCUT2D eigenvalue weighted by Gasteiger charge is -2.28. The van der Waals surface area contributed by atoms with E-state index in [4.69, 9.17) is 11.1 Å². The monoisotopic (exact) mass is 214 g/mol. The summed E-state index contributed by atoms with van der Waals surface area (Å²) in [5.41, 5.74) is 5.67. The lowest BCUT2D eigenvalue weighted by Crippen LogP contribution is -2.43. The molecule has 0 aliphatic heterocycles. The molecule has 0 saturated carbocycles. The molecule has 0 aromatic heterocycles. The molecule has 0 aromatic rings. The van der Waals surface area contributed by atoms with Crippen LogP contribution in [0, 0.1) is 16.2 Å². The van der Waals surface area contributed by atoms with Gasteiger partial charge in [0.1, 0.15) is 0 Å². The van der Waals surface area contributed by atoms with Crippen LogP contribution in [-0.2, 0) is 0 Å². The molecular weight excluding hydrogens is 188 g/mol. The Hall–Kier alpha value is -0.770. The van der Waals surface area contributed by atoms with E-state index in [-0.39, 0.29) is 11.4 Å². The van der Waals surface area contributed by atoms with Crippen molar-refractivity contribution >= 4 is 5.96 Å². The minimum absolute atomic E-state index is 0.0406. The van der Waals surface area contributed by atoms with E-state index in [9.17, 15) is 0 Å². The summed E-state index contributed by atoms with van der Waals surface area (Å²) in [6.07, 6.45) is 0. The van der Waals surface area contributed by atoms with Crippen molar-refractivity contribution in [1.82, 2.24) is 10.6 Å². The van der Waals surface area contributed by atoms with Crippen molar-refractivity contribution in [2.45, 2.75) is 34.6 Å². The second kappa shape index (κ2) is 5.35. The van der Waals surface area contributed by atoms with Crippen LogP contribution in [0.15, 0.2) is 0 Å². The van der Waals surface area contributed by atoms with E-state index in [0.29, 0.717) is 5.41 Å². The molecule has 4 heteroatoms. The lowest BCUT2D eigenvalue weighted by molar-refractivity contribution is 0.300. The highest BCUT2D eigenvalue weighted by atomic mass is 15.0. The van der Waals surface area contributed by atoms with Gasteiger partial charge in [0.05, 0.1) is 0 Å². The van der Waals surface area contributed by atoms with Gasteiger partial charge < -0.3 is 16.4 Å². The molecule has 5 N–H and O–H groups in total. The van der Waals surface area contributed by atoms with Gasteiger partial charge in [0.25, 0.3) is 0 Å². The summed E-state index contributed by atoms with van der Waals surface area (Å²) in [6, 6.07) is 0. The maximum Gasteiger partial charge on any atom is 0.185 e. The smallest absolute Gasteiger partial charge is 0.185 e. The van der Waals surface area contributed by atoms with E-state index < -0.39 is 0 Å². The van der Waals surface area contributed by atoms with E-state index in [1.807, 2.05) is 0 Å². The maximum absolute atomic E-state index is 7.10. The minimum Gasteiger partial charge on any atom is -0.370 e. The van der Waals surface area contributed by atoms with Crippen LogP contribution in [0.1, 0.15) is 34.6 Å². The molecule has 90 valence electrons. The van der Waals surface area contributed by atoms with Crippen LogP contribution in [0.4, 0.5) is 0 Å². The highest BCUT2D eigenvalue weighted by Gasteiger charge is 2.18. The standard InChI is InChI=1S/C11H26N4/c1-10(2,3)6-14-7-11(4,5)8-15-9(12)13/h14H,6-8H2,1-5H3,(H4,12,13,15). The Morgan fingerprint density at radius 2 is 1.60 bits per heavy atom. The zero-order chi connectivity index (χ0) is 12.1. The Balaban J connectivity index is 3.78. The minimum atomic E-state index is 0.0406. The van der Waals surface area contributed by atoms with E-state index in [1.165, 1.54) is 0 Å². The third kappa shape index (κ3) is 9.53. The fraction of sp³-hybridized carbons (Fsp3) is 0.909. The summed E-state index contributed by atoms with van der Waals surface area (Å²) < 4.78 is 0. The predicted octanol–water partition coefficient (Wildman–Crippen LogP) is 1.13. The summed E-state index contributed by atoms with van der Waals surface area (Å²) >= 11 is 0. The van der Waals surface area contributed by atoms with Crippen LogP contribution in [0.25, 0.3) is 0 Å². The van der Waals surface area contributed by atoms with Crippen LogP contribution in [0.5, 0.6) is 0 Å². The summed E-state index contributed by atoms with van der Waals surface area (Å²) in [7, 11) is 0. The van der Waals surface area contributed by atoms with Gasteiger partial charge in [-0.1, -0.05) is 34.6 Å². The topological polar surface area (TPSA) is 73.9 Å². The van der Waals surface area contributed by atoms with Crippen molar-refractivity contribution in [3.8, 4) is 0 Å². The predicted molar refractivity (Wildman–Crippen MR) is 66.0 cm³/mol. The first kappa shape index (κ1) is 14.2. The van der Waals surface area contributed by atoms with Gasteiger partial charge >= 0.3 is 0 Å². The molecule has 0 spiro atoms. The SMILES string of the molecule is CC(C)(C)CNCC(C)(C)CNC(=N)N. The summed E-state index contributed by atoms with van der Waals surface area (Å²) in [5.74, 6) is 0.0406. The van der Waals surface area contributed by atoms with Crippen molar-refractivity contribution in [1.29, 1.82) is 5.41 Å². The van der Waals surface area contributed by atoms with Gasteiger partial charge in [0, 0.05) is 19.6 Å². The number of rotatable bonds is 5. The van der Waals surface area contributed by atoms with Gasteiger partial charge in [-0.3, -0.25) is 5.41 Å². The Kier molecular flexibility index (Phi) is 5.08. The normalized spacial score (nSPS) is 12.6.